The first-order valence-electron chi connectivity index (χ1n) is 10.1. The van der Waals surface area contributed by atoms with Gasteiger partial charge in [-0.05, 0) is 0 Å². The van der Waals surface area contributed by atoms with Gasteiger partial charge in [0.25, 0.3) is 0 Å². The van der Waals surface area contributed by atoms with Crippen molar-refractivity contribution in [3.05, 3.63) is 0 Å². The first kappa shape index (κ1) is 84.7. The average molecular weight is 657 g/mol. The van der Waals surface area contributed by atoms with Crippen LogP contribution in [0.4, 0.5) is 9.41 Å². The lowest BCUT2D eigenvalue weighted by atomic mass is 10.9. The van der Waals surface area contributed by atoms with E-state index >= 15 is 0 Å². The second kappa shape index (κ2) is 159. The Morgan fingerprint density at radius 2 is 0.607 bits per heavy atom. The molecule has 0 atom stereocenters. The van der Waals surface area contributed by atoms with Crippen LogP contribution in [0.2, 0.25) is 55.3 Å². The standard InChI is InChI=1S/5C2H5.5CH3.6Al.BrH.4ClH.2FH.8H/c5*1-2;;;;;;;;;;;;;;;;;;;;;;;;;;/h5*1H2,2H3;5*1H3;;;;;;;7*1H;;;;;;;;. The zero-order chi connectivity index (χ0) is 18.4. The van der Waals surface area contributed by atoms with Crippen LogP contribution in [0.25, 0.3) is 0 Å². The molecule has 28 heavy (non-hydrogen) atoms. The fourth-order valence-corrected chi connectivity index (χ4v) is 2.12. The Morgan fingerprint density at radius 3 is 0.607 bits per heavy atom. The Bertz CT molecular complexity index is 92.8. The third-order valence-electron chi connectivity index (χ3n) is 1.41. The van der Waals surface area contributed by atoms with Crippen molar-refractivity contribution in [2.24, 2.45) is 0 Å². The van der Waals surface area contributed by atoms with Crippen LogP contribution in [0.5, 0.6) is 0 Å². The van der Waals surface area contributed by atoms with Gasteiger partial charge in [-0.15, -0.1) is 122 Å². The van der Waals surface area contributed by atoms with E-state index in [9.17, 15) is 0 Å². The van der Waals surface area contributed by atoms with E-state index in [2.05, 4.69) is 63.5 Å². The van der Waals surface area contributed by atoms with E-state index in [1.165, 1.54) is 59.0 Å². The largest absolute Gasteiger partial charge is 0.269 e. The van der Waals surface area contributed by atoms with E-state index in [1.54, 1.807) is 0 Å². The maximum absolute atomic E-state index is 2.27. The lowest BCUT2D eigenvalue weighted by Crippen LogP contribution is -1.76. The monoisotopic (exact) mass is 654 g/mol. The predicted octanol–water partition coefficient (Wildman–Crippen LogP) is 5.93. The van der Waals surface area contributed by atoms with Gasteiger partial charge < -0.3 is 0 Å². The summed E-state index contributed by atoms with van der Waals surface area (Å²) in [5, 5.41) is 7.32. The van der Waals surface area contributed by atoms with Crippen LogP contribution in [0.3, 0.4) is 0 Å². The van der Waals surface area contributed by atoms with Gasteiger partial charge in [0.15, 0.2) is 0 Å². The van der Waals surface area contributed by atoms with Crippen molar-refractivity contribution in [1.29, 1.82) is 0 Å². The molecule has 0 aliphatic heterocycles. The quantitative estimate of drug-likeness (QED) is 0.329. The molecule has 0 nitrogen and oxygen atoms in total. The number of halogens is 7. The van der Waals surface area contributed by atoms with E-state index in [1.807, 2.05) is 0 Å². The molecule has 0 fully saturated rings. The Morgan fingerprint density at radius 1 is 0.536 bits per heavy atom. The molecule has 0 saturated heterocycles. The van der Waals surface area contributed by atoms with Crippen molar-refractivity contribution >= 4 is 160 Å². The summed E-state index contributed by atoms with van der Waals surface area (Å²) in [7, 11) is 0. The average Bonchev–Trinajstić information content (AvgIpc) is 2.46. The molecule has 0 radical (unpaired) electrons. The number of hydrogen-bond acceptors (Lipinski definition) is 0. The maximum atomic E-state index is 2.27. The molecule has 0 aromatic carbocycles. The summed E-state index contributed by atoms with van der Waals surface area (Å²) in [5.41, 5.74) is 0. The highest BCUT2D eigenvalue weighted by molar-refractivity contribution is 8.93. The van der Waals surface area contributed by atoms with Crippen molar-refractivity contribution in [3.8, 4) is 0 Å². The van der Waals surface area contributed by atoms with Crippen molar-refractivity contribution in [1.82, 2.24) is 0 Å². The van der Waals surface area contributed by atoms with Gasteiger partial charge >= 0.3 is 0 Å². The minimum atomic E-state index is 0. The molecule has 0 unspecified atom stereocenters. The van der Waals surface area contributed by atoms with E-state index < -0.39 is 0 Å². The maximum Gasteiger partial charge on any atom is 0.236 e. The van der Waals surface area contributed by atoms with Crippen LogP contribution in [-0.4, -0.2) is 93.5 Å². The molecule has 0 aromatic rings. The van der Waals surface area contributed by atoms with Gasteiger partial charge in [-0.2, -0.15) is 0 Å². The second-order valence-corrected chi connectivity index (χ2v) is 14.5. The smallest absolute Gasteiger partial charge is 0.236 e. The Labute approximate surface area is 256 Å². The Balaban J connectivity index is -0.00000000854. The summed E-state index contributed by atoms with van der Waals surface area (Å²) >= 11 is 4.37. The van der Waals surface area contributed by atoms with Crippen LogP contribution in [0.1, 0.15) is 34.6 Å². The second-order valence-electron chi connectivity index (χ2n) is 4.83. The molecule has 0 amide bonds. The van der Waals surface area contributed by atoms with E-state index in [0.29, 0.717) is 60.9 Å². The summed E-state index contributed by atoms with van der Waals surface area (Å²) in [4.78, 5) is 0. The highest BCUT2D eigenvalue weighted by Gasteiger charge is 1.76. The molecule has 0 bridgehead atoms. The van der Waals surface area contributed by atoms with Gasteiger partial charge in [-0.3, -0.25) is 9.41 Å². The number of rotatable bonds is 4. The first-order chi connectivity index (χ1) is 10.1. The predicted molar refractivity (Wildman–Crippen MR) is 172 cm³/mol. The third-order valence-corrected chi connectivity index (χ3v) is 4.24. The van der Waals surface area contributed by atoms with Gasteiger partial charge in [-0.1, -0.05) is 34.6 Å². The van der Waals surface area contributed by atoms with Crippen molar-refractivity contribution in [3.63, 3.8) is 0 Å². The number of hydrogen-bond donors (Lipinski definition) is 0. The highest BCUT2D eigenvalue weighted by Crippen LogP contribution is 1.77. The molecule has 13 heteroatoms. The van der Waals surface area contributed by atoms with Gasteiger partial charge in [0, 0.05) is 0 Å². The molecule has 0 rings (SSSR count). The molecule has 0 aliphatic rings. The SMILES string of the molecule is Br.C[CH2][AlH2].C[CH2][AlH][CH2]C.C[CH2][AlH][CH2]C.Cl.Cl.Cl.Cl.F.F.[CH3][AlH2].[CH3][AlH][CH3].[CH3][AlH][CH3]. The van der Waals surface area contributed by atoms with Crippen LogP contribution >= 0.6 is 66.6 Å². The van der Waals surface area contributed by atoms with Crippen LogP contribution < -0.4 is 0 Å². The molecule has 0 aromatic heterocycles. The lowest BCUT2D eigenvalue weighted by molar-refractivity contribution is 1.11. The summed E-state index contributed by atoms with van der Waals surface area (Å²) in [6.45, 7) is 11.3. The van der Waals surface area contributed by atoms with E-state index in [0.717, 1.165) is 0 Å². The van der Waals surface area contributed by atoms with Gasteiger partial charge in [0.05, 0.1) is 0 Å². The van der Waals surface area contributed by atoms with Crippen LogP contribution in [-0.2, 0) is 0 Å². The molecule has 0 heterocycles. The summed E-state index contributed by atoms with van der Waals surface area (Å²) in [5.74, 6) is 11.2. The molecule has 0 spiro atoms. The molecule has 0 saturated carbocycles. The Kier molecular flexibility index (Phi) is 482. The van der Waals surface area contributed by atoms with Crippen molar-refractivity contribution < 1.29 is 9.41 Å². The molecule has 0 aliphatic carbocycles. The van der Waals surface area contributed by atoms with Crippen LogP contribution in [0.15, 0.2) is 0 Å². The van der Waals surface area contributed by atoms with E-state index in [-0.39, 0.29) is 76.0 Å². The summed E-state index contributed by atoms with van der Waals surface area (Å²) in [6.07, 6.45) is 0. The molecule has 182 valence electrons. The molecular formula is C15H55Al6BrCl4F2. The highest BCUT2D eigenvalue weighted by atomic mass is 79.9. The Hall–Kier alpha value is 4.69. The molecule has 0 N–H and O–H groups in total. The fourth-order valence-electron chi connectivity index (χ4n) is 0.707. The van der Waals surface area contributed by atoms with Gasteiger partial charge in [0.1, 0.15) is 0 Å². The van der Waals surface area contributed by atoms with Crippen molar-refractivity contribution in [2.75, 3.05) is 0 Å². The lowest BCUT2D eigenvalue weighted by Gasteiger charge is -1.73. The zero-order valence-electron chi connectivity index (χ0n) is 21.2. The van der Waals surface area contributed by atoms with Crippen LogP contribution in [0, 0.1) is 0 Å². The summed E-state index contributed by atoms with van der Waals surface area (Å²) in [6, 6.07) is 0. The first-order valence-corrected chi connectivity index (χ1v) is 23.1. The van der Waals surface area contributed by atoms with Gasteiger partial charge in [-0.25, -0.2) is 0 Å². The third kappa shape index (κ3) is 358. The molecular weight excluding hydrogens is 602 g/mol. The normalized spacial score (nSPS) is 4.50. The van der Waals surface area contributed by atoms with Gasteiger partial charge in [0.2, 0.25) is 93.5 Å². The topological polar surface area (TPSA) is 0 Å². The zero-order valence-corrected chi connectivity index (χ0v) is 35.9. The van der Waals surface area contributed by atoms with Crippen molar-refractivity contribution in [2.45, 2.75) is 90.0 Å². The van der Waals surface area contributed by atoms with E-state index in [4.69, 9.17) is 0 Å². The minimum Gasteiger partial charge on any atom is -0.269 e. The summed E-state index contributed by atoms with van der Waals surface area (Å²) < 4.78 is 0. The minimum absolute atomic E-state index is 0. The fraction of sp³-hybridized carbons (Fsp3) is 1.00.